The van der Waals surface area contributed by atoms with Gasteiger partial charge in [0, 0.05) is 18.2 Å². The minimum absolute atomic E-state index is 0.00000409. The topological polar surface area (TPSA) is 55.1 Å². The van der Waals surface area contributed by atoms with E-state index in [-0.39, 0.29) is 17.8 Å². The lowest BCUT2D eigenvalue weighted by Crippen LogP contribution is -2.19. The van der Waals surface area contributed by atoms with Crippen LogP contribution in [-0.4, -0.2) is 11.9 Å². The number of hydrogen-bond donors (Lipinski definition) is 2. The van der Waals surface area contributed by atoms with Crippen molar-refractivity contribution in [2.24, 2.45) is 5.73 Å². The normalized spacial score (nSPS) is 12.2. The summed E-state index contributed by atoms with van der Waals surface area (Å²) in [5, 5.41) is 2.64. The van der Waals surface area contributed by atoms with Crippen LogP contribution in [-0.2, 0) is 4.79 Å². The van der Waals surface area contributed by atoms with Crippen molar-refractivity contribution < 1.29 is 9.18 Å². The third-order valence-corrected chi connectivity index (χ3v) is 2.15. The Labute approximate surface area is 94.8 Å². The van der Waals surface area contributed by atoms with E-state index < -0.39 is 0 Å². The number of hydrogen-bond acceptors (Lipinski definition) is 2. The summed E-state index contributed by atoms with van der Waals surface area (Å²) in [4.78, 5) is 11.5. The van der Waals surface area contributed by atoms with Gasteiger partial charge in [-0.15, -0.1) is 0 Å². The van der Waals surface area contributed by atoms with E-state index in [1.807, 2.05) is 6.92 Å². The number of amides is 1. The first-order chi connectivity index (χ1) is 7.47. The van der Waals surface area contributed by atoms with E-state index in [9.17, 15) is 9.18 Å². The average molecular weight is 224 g/mol. The van der Waals surface area contributed by atoms with Crippen LogP contribution in [0, 0.1) is 12.7 Å². The van der Waals surface area contributed by atoms with Crippen LogP contribution in [0.4, 0.5) is 10.1 Å². The molecule has 3 N–H and O–H groups in total. The number of aryl methyl sites for hydroxylation is 1. The molecule has 0 radical (unpaired) electrons. The van der Waals surface area contributed by atoms with Crippen molar-refractivity contribution in [3.8, 4) is 0 Å². The minimum Gasteiger partial charge on any atom is -0.328 e. The lowest BCUT2D eigenvalue weighted by molar-refractivity contribution is -0.116. The summed E-state index contributed by atoms with van der Waals surface area (Å²) in [6.07, 6.45) is 0.980. The van der Waals surface area contributed by atoms with Crippen molar-refractivity contribution in [3.05, 3.63) is 29.6 Å². The molecule has 1 atom stereocenters. The molecule has 0 heterocycles. The Morgan fingerprint density at radius 3 is 2.75 bits per heavy atom. The summed E-state index contributed by atoms with van der Waals surface area (Å²) < 4.78 is 13.0. The Balaban J connectivity index is 2.56. The van der Waals surface area contributed by atoms with Gasteiger partial charge in [-0.1, -0.05) is 0 Å². The Morgan fingerprint density at radius 2 is 2.19 bits per heavy atom. The van der Waals surface area contributed by atoms with Crippen molar-refractivity contribution >= 4 is 11.6 Å². The monoisotopic (exact) mass is 224 g/mol. The molecule has 0 fully saturated rings. The van der Waals surface area contributed by atoms with Gasteiger partial charge in [-0.25, -0.2) is 4.39 Å². The zero-order valence-corrected chi connectivity index (χ0v) is 9.59. The van der Waals surface area contributed by atoms with E-state index in [1.165, 1.54) is 12.1 Å². The maximum atomic E-state index is 13.0. The minimum atomic E-state index is -0.345. The second kappa shape index (κ2) is 5.61. The third-order valence-electron chi connectivity index (χ3n) is 2.15. The van der Waals surface area contributed by atoms with Gasteiger partial charge in [0.1, 0.15) is 5.82 Å². The molecular formula is C12H17FN2O. The summed E-state index contributed by atoms with van der Waals surface area (Å²) in [5.74, 6) is -0.482. The van der Waals surface area contributed by atoms with Gasteiger partial charge < -0.3 is 11.1 Å². The number of carbonyl (C=O) groups excluding carboxylic acids is 1. The molecule has 3 nitrogen and oxygen atoms in total. The fraction of sp³-hybridized carbons (Fsp3) is 0.417. The molecule has 0 spiro atoms. The van der Waals surface area contributed by atoms with Crippen molar-refractivity contribution in [3.63, 3.8) is 0 Å². The van der Waals surface area contributed by atoms with Gasteiger partial charge in [0.05, 0.1) is 0 Å². The third kappa shape index (κ3) is 4.40. The van der Waals surface area contributed by atoms with Crippen LogP contribution < -0.4 is 11.1 Å². The van der Waals surface area contributed by atoms with E-state index in [1.54, 1.807) is 13.0 Å². The molecule has 0 aromatic heterocycles. The molecule has 1 aromatic carbocycles. The Morgan fingerprint density at radius 1 is 1.50 bits per heavy atom. The van der Waals surface area contributed by atoms with Crippen molar-refractivity contribution in [2.75, 3.05) is 5.32 Å². The van der Waals surface area contributed by atoms with Gasteiger partial charge in [0.25, 0.3) is 0 Å². The van der Waals surface area contributed by atoms with E-state index in [4.69, 9.17) is 5.73 Å². The molecule has 16 heavy (non-hydrogen) atoms. The van der Waals surface area contributed by atoms with Gasteiger partial charge in [-0.2, -0.15) is 0 Å². The van der Waals surface area contributed by atoms with Crippen molar-refractivity contribution in [1.29, 1.82) is 0 Å². The zero-order chi connectivity index (χ0) is 12.1. The average Bonchev–Trinajstić information content (AvgIpc) is 2.12. The van der Waals surface area contributed by atoms with Gasteiger partial charge >= 0.3 is 0 Å². The molecule has 1 unspecified atom stereocenters. The number of rotatable bonds is 4. The number of nitrogens with one attached hydrogen (secondary N) is 1. The van der Waals surface area contributed by atoms with Crippen LogP contribution >= 0.6 is 0 Å². The van der Waals surface area contributed by atoms with Gasteiger partial charge in [-0.3, -0.25) is 4.79 Å². The highest BCUT2D eigenvalue weighted by Gasteiger charge is 2.05. The summed E-state index contributed by atoms with van der Waals surface area (Å²) in [6.45, 7) is 3.63. The first-order valence-electron chi connectivity index (χ1n) is 5.30. The second-order valence-electron chi connectivity index (χ2n) is 4.08. The zero-order valence-electron chi connectivity index (χ0n) is 9.59. The number of anilines is 1. The van der Waals surface area contributed by atoms with Crippen LogP contribution in [0.2, 0.25) is 0 Å². The Kier molecular flexibility index (Phi) is 4.43. The van der Waals surface area contributed by atoms with Crippen LogP contribution in [0.25, 0.3) is 0 Å². The number of halogens is 1. The highest BCUT2D eigenvalue weighted by atomic mass is 19.1. The van der Waals surface area contributed by atoms with E-state index in [2.05, 4.69) is 5.32 Å². The summed E-state index contributed by atoms with van der Waals surface area (Å²) in [6, 6.07) is 4.45. The van der Waals surface area contributed by atoms with Crippen LogP contribution in [0.15, 0.2) is 18.2 Å². The maximum Gasteiger partial charge on any atom is 0.224 e. The predicted molar refractivity (Wildman–Crippen MR) is 62.7 cm³/mol. The fourth-order valence-electron chi connectivity index (χ4n) is 1.39. The summed E-state index contributed by atoms with van der Waals surface area (Å²) in [7, 11) is 0. The molecule has 0 saturated carbocycles. The highest BCUT2D eigenvalue weighted by molar-refractivity contribution is 5.90. The van der Waals surface area contributed by atoms with E-state index in [0.717, 1.165) is 5.56 Å². The highest BCUT2D eigenvalue weighted by Crippen LogP contribution is 2.13. The fourth-order valence-corrected chi connectivity index (χ4v) is 1.39. The molecule has 4 heteroatoms. The number of carbonyl (C=O) groups is 1. The molecule has 0 aliphatic heterocycles. The number of benzene rings is 1. The van der Waals surface area contributed by atoms with Gasteiger partial charge in [-0.05, 0) is 44.0 Å². The van der Waals surface area contributed by atoms with Gasteiger partial charge in [0.15, 0.2) is 0 Å². The largest absolute Gasteiger partial charge is 0.328 e. The molecular weight excluding hydrogens is 207 g/mol. The standard InChI is InChI=1S/C12H17FN2O/c1-8-5-10(13)7-11(6-8)15-12(16)4-3-9(2)14/h5-7,9H,3-4,14H2,1-2H3,(H,15,16). The molecule has 0 bridgehead atoms. The molecule has 0 saturated heterocycles. The molecule has 1 rings (SSSR count). The van der Waals surface area contributed by atoms with Gasteiger partial charge in [0.2, 0.25) is 5.91 Å². The number of nitrogens with two attached hydrogens (primary N) is 1. The van der Waals surface area contributed by atoms with Crippen LogP contribution in [0.5, 0.6) is 0 Å². The SMILES string of the molecule is Cc1cc(F)cc(NC(=O)CCC(C)N)c1. The quantitative estimate of drug-likeness (QED) is 0.823. The molecule has 1 aromatic rings. The van der Waals surface area contributed by atoms with Crippen molar-refractivity contribution in [1.82, 2.24) is 0 Å². The Bertz CT molecular complexity index is 357. The first-order valence-corrected chi connectivity index (χ1v) is 5.30. The predicted octanol–water partition coefficient (Wildman–Crippen LogP) is 2.20. The van der Waals surface area contributed by atoms with E-state index >= 15 is 0 Å². The Hall–Kier alpha value is -1.42. The second-order valence-corrected chi connectivity index (χ2v) is 4.08. The molecule has 0 aliphatic rings. The first kappa shape index (κ1) is 12.6. The lowest BCUT2D eigenvalue weighted by Gasteiger charge is -2.07. The molecule has 0 aliphatic carbocycles. The van der Waals surface area contributed by atoms with Crippen LogP contribution in [0.3, 0.4) is 0 Å². The maximum absolute atomic E-state index is 13.0. The molecule has 88 valence electrons. The summed E-state index contributed by atoms with van der Waals surface area (Å²) in [5.41, 5.74) is 6.82. The lowest BCUT2D eigenvalue weighted by atomic mass is 10.1. The van der Waals surface area contributed by atoms with Crippen LogP contribution in [0.1, 0.15) is 25.3 Å². The summed E-state index contributed by atoms with van der Waals surface area (Å²) >= 11 is 0. The molecule has 1 amide bonds. The van der Waals surface area contributed by atoms with Crippen molar-refractivity contribution in [2.45, 2.75) is 32.7 Å². The smallest absolute Gasteiger partial charge is 0.224 e. The van der Waals surface area contributed by atoms with E-state index in [0.29, 0.717) is 18.5 Å².